The van der Waals surface area contributed by atoms with Gasteiger partial charge in [-0.2, -0.15) is 0 Å². The van der Waals surface area contributed by atoms with Crippen molar-refractivity contribution in [1.82, 2.24) is 4.90 Å². The number of allylic oxidation sites excluding steroid dienone is 1. The van der Waals surface area contributed by atoms with E-state index in [-0.39, 0.29) is 4.91 Å². The van der Waals surface area contributed by atoms with Gasteiger partial charge in [0.15, 0.2) is 11.5 Å². The van der Waals surface area contributed by atoms with Crippen LogP contribution in [-0.2, 0) is 27.4 Å². The Kier molecular flexibility index (Phi) is 8.19. The van der Waals surface area contributed by atoms with Gasteiger partial charge in [-0.1, -0.05) is 29.8 Å². The molecule has 1 heterocycles. The number of esters is 1. The molecule has 1 fully saturated rings. The minimum Gasteiger partial charge on any atom is -0.493 e. The molecular formula is C24H22ClNO6S. The fourth-order valence-corrected chi connectivity index (χ4v) is 4.07. The summed E-state index contributed by atoms with van der Waals surface area (Å²) in [6.07, 6.45) is 3.82. The number of hydrogen-bond acceptors (Lipinski definition) is 7. The molecule has 7 nitrogen and oxygen atoms in total. The van der Waals surface area contributed by atoms with Crippen LogP contribution in [-0.4, -0.2) is 42.8 Å². The van der Waals surface area contributed by atoms with Gasteiger partial charge in [-0.3, -0.25) is 19.3 Å². The van der Waals surface area contributed by atoms with Crippen LogP contribution in [0.4, 0.5) is 4.79 Å². The summed E-state index contributed by atoms with van der Waals surface area (Å²) in [4.78, 5) is 37.3. The molecule has 0 radical (unpaired) electrons. The summed E-state index contributed by atoms with van der Waals surface area (Å²) in [5, 5.41) is 0.113. The zero-order valence-electron chi connectivity index (χ0n) is 18.1. The number of rotatable bonds is 9. The van der Waals surface area contributed by atoms with Gasteiger partial charge in [0.1, 0.15) is 13.2 Å². The molecule has 2 amide bonds. The molecule has 1 saturated heterocycles. The zero-order valence-corrected chi connectivity index (χ0v) is 19.7. The van der Waals surface area contributed by atoms with E-state index in [0.717, 1.165) is 27.8 Å². The predicted octanol–water partition coefficient (Wildman–Crippen LogP) is 4.87. The van der Waals surface area contributed by atoms with Gasteiger partial charge in [0.25, 0.3) is 11.1 Å². The van der Waals surface area contributed by atoms with E-state index in [0.29, 0.717) is 35.1 Å². The molecule has 33 heavy (non-hydrogen) atoms. The molecule has 1 aliphatic heterocycles. The van der Waals surface area contributed by atoms with Gasteiger partial charge in [0.2, 0.25) is 0 Å². The lowest BCUT2D eigenvalue weighted by Crippen LogP contribution is -2.34. The average Bonchev–Trinajstić information content (AvgIpc) is 3.06. The summed E-state index contributed by atoms with van der Waals surface area (Å²) in [6, 6.07) is 10.9. The lowest BCUT2D eigenvalue weighted by molar-refractivity contribution is -0.143. The van der Waals surface area contributed by atoms with E-state index in [4.69, 9.17) is 21.1 Å². The number of imide groups is 1. The summed E-state index contributed by atoms with van der Waals surface area (Å²) in [5.41, 5.74) is 2.39. The van der Waals surface area contributed by atoms with Gasteiger partial charge in [-0.05, 0) is 59.7 Å². The maximum atomic E-state index is 12.6. The van der Waals surface area contributed by atoms with Crippen molar-refractivity contribution < 1.29 is 28.6 Å². The highest BCUT2D eigenvalue weighted by atomic mass is 35.5. The molecule has 0 unspecified atom stereocenters. The summed E-state index contributed by atoms with van der Waals surface area (Å²) in [7, 11) is 2.72. The molecule has 2 aromatic rings. The first-order valence-corrected chi connectivity index (χ1v) is 11.1. The van der Waals surface area contributed by atoms with Crippen molar-refractivity contribution in [3.8, 4) is 11.5 Å². The van der Waals surface area contributed by atoms with Gasteiger partial charge < -0.3 is 14.2 Å². The molecule has 1 aliphatic rings. The van der Waals surface area contributed by atoms with Crippen LogP contribution in [0.15, 0.2) is 54.0 Å². The molecule has 3 rings (SSSR count). The molecule has 0 saturated carbocycles. The minimum absolute atomic E-state index is 0.199. The van der Waals surface area contributed by atoms with Crippen molar-refractivity contribution in [2.45, 2.75) is 13.0 Å². The van der Waals surface area contributed by atoms with E-state index in [9.17, 15) is 14.4 Å². The van der Waals surface area contributed by atoms with Gasteiger partial charge in [-0.25, -0.2) is 0 Å². The Balaban J connectivity index is 1.89. The Morgan fingerprint density at radius 2 is 1.91 bits per heavy atom. The Morgan fingerprint density at radius 3 is 2.55 bits per heavy atom. The Labute approximate surface area is 200 Å². The smallest absolute Gasteiger partial charge is 0.325 e. The first-order chi connectivity index (χ1) is 15.9. The van der Waals surface area contributed by atoms with E-state index < -0.39 is 23.7 Å². The van der Waals surface area contributed by atoms with Crippen LogP contribution in [0, 0.1) is 0 Å². The molecular weight excluding hydrogens is 466 g/mol. The maximum Gasteiger partial charge on any atom is 0.325 e. The predicted molar refractivity (Wildman–Crippen MR) is 127 cm³/mol. The fraction of sp³-hybridized carbons (Fsp3) is 0.208. The van der Waals surface area contributed by atoms with Crippen LogP contribution in [0.5, 0.6) is 11.5 Å². The highest BCUT2D eigenvalue weighted by Crippen LogP contribution is 2.37. The number of ether oxygens (including phenoxy) is 3. The van der Waals surface area contributed by atoms with Crippen LogP contribution in [0.25, 0.3) is 6.08 Å². The molecule has 2 aromatic carbocycles. The van der Waals surface area contributed by atoms with Crippen LogP contribution in [0.3, 0.4) is 0 Å². The normalized spacial score (nSPS) is 14.5. The van der Waals surface area contributed by atoms with Crippen molar-refractivity contribution in [2.75, 3.05) is 20.8 Å². The third-order valence-corrected chi connectivity index (χ3v) is 5.88. The molecule has 0 aromatic heterocycles. The molecule has 0 atom stereocenters. The number of nitrogens with zero attached hydrogens (tertiary/aromatic N) is 1. The molecule has 0 spiro atoms. The molecule has 0 aliphatic carbocycles. The van der Waals surface area contributed by atoms with E-state index in [2.05, 4.69) is 11.3 Å². The van der Waals surface area contributed by atoms with Crippen molar-refractivity contribution >= 4 is 46.6 Å². The van der Waals surface area contributed by atoms with Crippen LogP contribution in [0.1, 0.15) is 16.7 Å². The van der Waals surface area contributed by atoms with Gasteiger partial charge >= 0.3 is 5.97 Å². The van der Waals surface area contributed by atoms with Gasteiger partial charge in [0, 0.05) is 10.6 Å². The Hall–Kier alpha value is -3.23. The number of amides is 2. The summed E-state index contributed by atoms with van der Waals surface area (Å²) in [5.74, 6) is -0.190. The first-order valence-electron chi connectivity index (χ1n) is 9.87. The highest BCUT2D eigenvalue weighted by Gasteiger charge is 2.36. The number of benzene rings is 2. The highest BCUT2D eigenvalue weighted by molar-refractivity contribution is 8.18. The van der Waals surface area contributed by atoms with Gasteiger partial charge in [-0.15, -0.1) is 6.58 Å². The number of hydrogen-bond donors (Lipinski definition) is 0. The van der Waals surface area contributed by atoms with E-state index in [1.165, 1.54) is 14.2 Å². The molecule has 0 bridgehead atoms. The maximum absolute atomic E-state index is 12.6. The number of halogens is 1. The van der Waals surface area contributed by atoms with Crippen molar-refractivity contribution in [3.63, 3.8) is 0 Å². The standard InChI is InChI=1S/C24H22ClNO6S/c1-4-5-17-10-16(12-20-23(28)26(24(29)33-20)13-21(27)31-3)11-19(30-2)22(17)32-14-15-6-8-18(25)9-7-15/h4,6-12H,1,5,13-14H2,2-3H3/b20-12-. The minimum atomic E-state index is -0.671. The van der Waals surface area contributed by atoms with Crippen LogP contribution < -0.4 is 9.47 Å². The number of methoxy groups -OCH3 is 2. The monoisotopic (exact) mass is 487 g/mol. The lowest BCUT2D eigenvalue weighted by atomic mass is 10.0. The first kappa shape index (κ1) is 24.4. The number of carbonyl (C=O) groups is 3. The van der Waals surface area contributed by atoms with E-state index in [1.807, 2.05) is 18.2 Å². The second-order valence-electron chi connectivity index (χ2n) is 6.96. The average molecular weight is 488 g/mol. The Bertz CT molecular complexity index is 1110. The Morgan fingerprint density at radius 1 is 1.18 bits per heavy atom. The van der Waals surface area contributed by atoms with Crippen molar-refractivity contribution in [1.29, 1.82) is 0 Å². The summed E-state index contributed by atoms with van der Waals surface area (Å²) in [6.45, 7) is 3.68. The second-order valence-corrected chi connectivity index (χ2v) is 8.39. The van der Waals surface area contributed by atoms with E-state index in [1.54, 1.807) is 30.4 Å². The van der Waals surface area contributed by atoms with Crippen LogP contribution in [0.2, 0.25) is 5.02 Å². The van der Waals surface area contributed by atoms with Crippen LogP contribution >= 0.6 is 23.4 Å². The zero-order chi connectivity index (χ0) is 24.0. The fourth-order valence-electron chi connectivity index (χ4n) is 3.11. The third kappa shape index (κ3) is 5.97. The van der Waals surface area contributed by atoms with Crippen molar-refractivity contribution in [2.24, 2.45) is 0 Å². The van der Waals surface area contributed by atoms with Gasteiger partial charge in [0.05, 0.1) is 19.1 Å². The number of carbonyl (C=O) groups excluding carboxylic acids is 3. The topological polar surface area (TPSA) is 82.1 Å². The SMILES string of the molecule is C=CCc1cc(/C=C2\SC(=O)N(CC(=O)OC)C2=O)cc(OC)c1OCc1ccc(Cl)cc1. The number of thioether (sulfide) groups is 1. The van der Waals surface area contributed by atoms with Crippen molar-refractivity contribution in [3.05, 3.63) is 75.7 Å². The quantitative estimate of drug-likeness (QED) is 0.283. The van der Waals surface area contributed by atoms with E-state index >= 15 is 0 Å². The largest absolute Gasteiger partial charge is 0.493 e. The lowest BCUT2D eigenvalue weighted by Gasteiger charge is -2.16. The molecule has 172 valence electrons. The third-order valence-electron chi connectivity index (χ3n) is 4.72. The molecule has 9 heteroatoms. The summed E-state index contributed by atoms with van der Waals surface area (Å²) < 4.78 is 16.1. The second kappa shape index (κ2) is 11.1. The summed E-state index contributed by atoms with van der Waals surface area (Å²) >= 11 is 6.70. The molecule has 0 N–H and O–H groups in total.